The minimum Gasteiger partial charge on any atom is -0.367 e. The molecule has 5 heteroatoms. The van der Waals surface area contributed by atoms with Crippen LogP contribution in [-0.2, 0) is 0 Å². The van der Waals surface area contributed by atoms with Gasteiger partial charge in [0.2, 0.25) is 0 Å². The van der Waals surface area contributed by atoms with Gasteiger partial charge < -0.3 is 4.90 Å². The Kier molecular flexibility index (Phi) is 3.64. The maximum Gasteiger partial charge on any atom is 0.412 e. The molecule has 1 aliphatic rings. The molecular formula is C14H14F3NO. The van der Waals surface area contributed by atoms with Gasteiger partial charge in [-0.25, -0.2) is 0 Å². The molecule has 0 atom stereocenters. The van der Waals surface area contributed by atoms with Crippen LogP contribution in [0.15, 0.2) is 29.8 Å². The Bertz CT molecular complexity index is 520. The summed E-state index contributed by atoms with van der Waals surface area (Å²) in [5, 5.41) is 0. The van der Waals surface area contributed by atoms with E-state index in [0.29, 0.717) is 12.1 Å². The largest absolute Gasteiger partial charge is 0.412 e. The molecule has 1 heterocycles. The van der Waals surface area contributed by atoms with E-state index in [1.54, 1.807) is 12.1 Å². The molecule has 0 N–H and O–H groups in total. The van der Waals surface area contributed by atoms with E-state index in [4.69, 9.17) is 0 Å². The molecular weight excluding hydrogens is 255 g/mol. The molecule has 1 aromatic carbocycles. The molecule has 102 valence electrons. The molecule has 0 unspecified atom stereocenters. The molecule has 0 fully saturated rings. The molecule has 1 aliphatic heterocycles. The first kappa shape index (κ1) is 13.6. The molecule has 0 saturated carbocycles. The summed E-state index contributed by atoms with van der Waals surface area (Å²) in [6, 6.07) is 5.29. The monoisotopic (exact) mass is 269 g/mol. The van der Waals surface area contributed by atoms with Gasteiger partial charge in [0.05, 0.1) is 0 Å². The van der Waals surface area contributed by atoms with Crippen LogP contribution < -0.4 is 4.90 Å². The molecule has 19 heavy (non-hydrogen) atoms. The zero-order valence-electron chi connectivity index (χ0n) is 10.5. The fourth-order valence-electron chi connectivity index (χ4n) is 2.15. The molecule has 0 bridgehead atoms. The zero-order valence-corrected chi connectivity index (χ0v) is 10.5. The topological polar surface area (TPSA) is 20.3 Å². The van der Waals surface area contributed by atoms with E-state index in [0.717, 1.165) is 17.5 Å². The third-order valence-corrected chi connectivity index (χ3v) is 3.32. The smallest absolute Gasteiger partial charge is 0.367 e. The molecule has 1 aromatic rings. The number of hydrogen-bond acceptors (Lipinski definition) is 2. The molecule has 0 spiro atoms. The zero-order chi connectivity index (χ0) is 14.0. The second-order valence-corrected chi connectivity index (χ2v) is 4.58. The van der Waals surface area contributed by atoms with Crippen LogP contribution in [0.25, 0.3) is 0 Å². The van der Waals surface area contributed by atoms with E-state index in [1.807, 2.05) is 17.9 Å². The summed E-state index contributed by atoms with van der Waals surface area (Å²) in [5.41, 5.74) is 1.83. The van der Waals surface area contributed by atoms with Crippen molar-refractivity contribution < 1.29 is 18.0 Å². The van der Waals surface area contributed by atoms with E-state index in [9.17, 15) is 18.0 Å². The van der Waals surface area contributed by atoms with Gasteiger partial charge in [0.1, 0.15) is 6.29 Å². The highest BCUT2D eigenvalue weighted by molar-refractivity contribution is 5.78. The van der Waals surface area contributed by atoms with Crippen molar-refractivity contribution in [1.29, 1.82) is 0 Å². The number of aryl methyl sites for hydroxylation is 1. The fourth-order valence-corrected chi connectivity index (χ4v) is 2.15. The lowest BCUT2D eigenvalue weighted by Crippen LogP contribution is -2.31. The normalized spacial score (nSPS) is 16.2. The van der Waals surface area contributed by atoms with Crippen molar-refractivity contribution in [3.63, 3.8) is 0 Å². The minimum absolute atomic E-state index is 0.00200. The van der Waals surface area contributed by atoms with Crippen LogP contribution in [-0.4, -0.2) is 25.6 Å². The van der Waals surface area contributed by atoms with Crippen molar-refractivity contribution in [1.82, 2.24) is 0 Å². The van der Waals surface area contributed by atoms with Crippen molar-refractivity contribution >= 4 is 12.0 Å². The summed E-state index contributed by atoms with van der Waals surface area (Å²) in [7, 11) is 0. The van der Waals surface area contributed by atoms with Crippen LogP contribution in [0.1, 0.15) is 22.3 Å². The third kappa shape index (κ3) is 2.97. The maximum atomic E-state index is 12.5. The Balaban J connectivity index is 2.16. The van der Waals surface area contributed by atoms with Crippen LogP contribution in [0.3, 0.4) is 0 Å². The van der Waals surface area contributed by atoms with E-state index >= 15 is 0 Å². The highest BCUT2D eigenvalue weighted by Crippen LogP contribution is 2.31. The lowest BCUT2D eigenvalue weighted by Gasteiger charge is -2.29. The Labute approximate surface area is 109 Å². The number of benzene rings is 1. The van der Waals surface area contributed by atoms with Gasteiger partial charge in [-0.1, -0.05) is 6.08 Å². The van der Waals surface area contributed by atoms with Crippen LogP contribution in [0.2, 0.25) is 0 Å². The van der Waals surface area contributed by atoms with Crippen LogP contribution in [0, 0.1) is 6.92 Å². The maximum absolute atomic E-state index is 12.5. The van der Waals surface area contributed by atoms with Crippen molar-refractivity contribution in [2.75, 3.05) is 18.0 Å². The first-order valence-electron chi connectivity index (χ1n) is 5.99. The fraction of sp³-hybridized carbons (Fsp3) is 0.357. The summed E-state index contributed by atoms with van der Waals surface area (Å²) < 4.78 is 37.5. The number of aldehydes is 1. The van der Waals surface area contributed by atoms with Gasteiger partial charge in [0.15, 0.2) is 0 Å². The van der Waals surface area contributed by atoms with Crippen molar-refractivity contribution in [3.05, 3.63) is 41.0 Å². The van der Waals surface area contributed by atoms with Gasteiger partial charge in [-0.05, 0) is 37.1 Å². The van der Waals surface area contributed by atoms with E-state index in [1.165, 1.54) is 6.08 Å². The van der Waals surface area contributed by atoms with Crippen LogP contribution in [0.5, 0.6) is 0 Å². The number of alkyl halides is 3. The van der Waals surface area contributed by atoms with E-state index < -0.39 is 11.7 Å². The summed E-state index contributed by atoms with van der Waals surface area (Å²) in [4.78, 5) is 12.6. The minimum atomic E-state index is -4.22. The van der Waals surface area contributed by atoms with Crippen molar-refractivity contribution in [3.8, 4) is 0 Å². The Morgan fingerprint density at radius 1 is 1.32 bits per heavy atom. The number of nitrogens with zero attached hydrogens (tertiary/aromatic N) is 1. The van der Waals surface area contributed by atoms with Gasteiger partial charge in [-0.3, -0.25) is 4.79 Å². The number of halogens is 3. The number of hydrogen-bond donors (Lipinski definition) is 0. The lowest BCUT2D eigenvalue weighted by molar-refractivity contribution is -0.0944. The standard InChI is InChI=1S/C14H14F3NO/c1-10-8-13(3-2-11(10)9-19)18-6-4-12(5-7-18)14(15,16)17/h2-4,8-9H,5-7H2,1H3. The first-order valence-corrected chi connectivity index (χ1v) is 5.99. The Morgan fingerprint density at radius 2 is 2.05 bits per heavy atom. The second kappa shape index (κ2) is 5.07. The number of rotatable bonds is 2. The van der Waals surface area contributed by atoms with Gasteiger partial charge >= 0.3 is 6.18 Å². The van der Waals surface area contributed by atoms with Gasteiger partial charge in [0.25, 0.3) is 0 Å². The number of carbonyl (C=O) groups excluding carboxylic acids is 1. The van der Waals surface area contributed by atoms with E-state index in [2.05, 4.69) is 0 Å². The van der Waals surface area contributed by atoms with Crippen molar-refractivity contribution in [2.45, 2.75) is 19.5 Å². The third-order valence-electron chi connectivity index (χ3n) is 3.32. The molecule has 0 amide bonds. The first-order chi connectivity index (χ1) is 8.91. The predicted molar refractivity (Wildman–Crippen MR) is 67.5 cm³/mol. The second-order valence-electron chi connectivity index (χ2n) is 4.58. The summed E-state index contributed by atoms with van der Waals surface area (Å²) in [6.07, 6.45) is -2.22. The Hall–Kier alpha value is -1.78. The molecule has 2 nitrogen and oxygen atoms in total. The quantitative estimate of drug-likeness (QED) is 0.605. The average Bonchev–Trinajstić information content (AvgIpc) is 2.38. The molecule has 2 rings (SSSR count). The van der Waals surface area contributed by atoms with E-state index in [-0.39, 0.29) is 13.0 Å². The summed E-state index contributed by atoms with van der Waals surface area (Å²) in [6.45, 7) is 2.40. The summed E-state index contributed by atoms with van der Waals surface area (Å²) >= 11 is 0. The summed E-state index contributed by atoms with van der Waals surface area (Å²) in [5.74, 6) is 0. The highest BCUT2D eigenvalue weighted by atomic mass is 19.4. The number of carbonyl (C=O) groups is 1. The predicted octanol–water partition coefficient (Wildman–Crippen LogP) is 3.51. The average molecular weight is 269 g/mol. The highest BCUT2D eigenvalue weighted by Gasteiger charge is 2.34. The van der Waals surface area contributed by atoms with Gasteiger partial charge in [-0.15, -0.1) is 0 Å². The molecule has 0 radical (unpaired) electrons. The molecule has 0 saturated heterocycles. The van der Waals surface area contributed by atoms with Crippen molar-refractivity contribution in [2.24, 2.45) is 0 Å². The van der Waals surface area contributed by atoms with Crippen LogP contribution >= 0.6 is 0 Å². The SMILES string of the molecule is Cc1cc(N2CC=C(C(F)(F)F)CC2)ccc1C=O. The molecule has 0 aliphatic carbocycles. The molecule has 0 aromatic heterocycles. The van der Waals surface area contributed by atoms with Gasteiger partial charge in [-0.2, -0.15) is 13.2 Å². The van der Waals surface area contributed by atoms with Crippen LogP contribution in [0.4, 0.5) is 18.9 Å². The Morgan fingerprint density at radius 3 is 2.53 bits per heavy atom. The number of anilines is 1. The lowest BCUT2D eigenvalue weighted by atomic mass is 10.0. The van der Waals surface area contributed by atoms with Gasteiger partial charge in [0, 0.05) is 29.9 Å².